The molecule has 0 spiro atoms. The lowest BCUT2D eigenvalue weighted by Gasteiger charge is -2.36. The number of amides is 3. The molecule has 7 nitrogen and oxygen atoms in total. The van der Waals surface area contributed by atoms with E-state index in [2.05, 4.69) is 16.0 Å². The summed E-state index contributed by atoms with van der Waals surface area (Å²) in [7, 11) is 0. The van der Waals surface area contributed by atoms with Gasteiger partial charge in [0.15, 0.2) is 0 Å². The topological polar surface area (TPSA) is 99.7 Å². The van der Waals surface area contributed by atoms with E-state index < -0.39 is 23.9 Å². The first-order valence-corrected chi connectivity index (χ1v) is 8.94. The predicted octanol–water partition coefficient (Wildman–Crippen LogP) is 2.26. The van der Waals surface area contributed by atoms with E-state index in [-0.39, 0.29) is 30.3 Å². The van der Waals surface area contributed by atoms with Crippen LogP contribution in [0.3, 0.4) is 0 Å². The van der Waals surface area contributed by atoms with Crippen molar-refractivity contribution in [2.24, 2.45) is 0 Å². The second-order valence-corrected chi connectivity index (χ2v) is 6.61. The van der Waals surface area contributed by atoms with Crippen molar-refractivity contribution in [1.29, 1.82) is 0 Å². The third-order valence-corrected chi connectivity index (χ3v) is 4.41. The highest BCUT2D eigenvalue weighted by Crippen LogP contribution is 2.29. The molecule has 3 amide bonds. The molecule has 1 fully saturated rings. The average molecular weight is 403 g/mol. The number of urea groups is 1. The number of aliphatic hydroxyl groups excluding tert-OH is 1. The Balaban J connectivity index is 1.73. The predicted molar refractivity (Wildman–Crippen MR) is 95.7 cm³/mol. The minimum Gasteiger partial charge on any atom is -0.394 e. The Bertz CT molecular complexity index is 667. The summed E-state index contributed by atoms with van der Waals surface area (Å²) in [6, 6.07) is 3.37. The molecular weight excluding hydrogens is 379 g/mol. The first kappa shape index (κ1) is 22.0. The van der Waals surface area contributed by atoms with Gasteiger partial charge >= 0.3 is 12.2 Å². The van der Waals surface area contributed by atoms with E-state index in [0.29, 0.717) is 25.8 Å². The van der Waals surface area contributed by atoms with Crippen molar-refractivity contribution in [2.75, 3.05) is 18.5 Å². The molecule has 156 valence electrons. The Morgan fingerprint density at radius 1 is 1.21 bits per heavy atom. The van der Waals surface area contributed by atoms with Gasteiger partial charge in [0.2, 0.25) is 5.91 Å². The molecule has 1 heterocycles. The Kier molecular flexibility index (Phi) is 7.64. The van der Waals surface area contributed by atoms with Gasteiger partial charge in [-0.25, -0.2) is 4.79 Å². The van der Waals surface area contributed by atoms with Crippen LogP contribution in [0.2, 0.25) is 0 Å². The van der Waals surface area contributed by atoms with E-state index in [0.717, 1.165) is 12.1 Å². The third-order valence-electron chi connectivity index (χ3n) is 4.41. The first-order chi connectivity index (χ1) is 13.2. The van der Waals surface area contributed by atoms with E-state index in [1.165, 1.54) is 19.1 Å². The van der Waals surface area contributed by atoms with E-state index in [1.54, 1.807) is 0 Å². The quantitative estimate of drug-likeness (QED) is 0.586. The molecule has 1 saturated heterocycles. The summed E-state index contributed by atoms with van der Waals surface area (Å²) in [5.41, 5.74) is -0.540. The number of hydrogen-bond donors (Lipinski definition) is 4. The average Bonchev–Trinajstić information content (AvgIpc) is 2.62. The minimum absolute atomic E-state index is 0.173. The number of alkyl halides is 3. The number of anilines is 1. The molecule has 1 aromatic carbocycles. The Morgan fingerprint density at radius 3 is 2.46 bits per heavy atom. The van der Waals surface area contributed by atoms with E-state index >= 15 is 0 Å². The van der Waals surface area contributed by atoms with Crippen LogP contribution in [0.25, 0.3) is 0 Å². The number of halogens is 3. The lowest BCUT2D eigenvalue weighted by Crippen LogP contribution is -2.50. The van der Waals surface area contributed by atoms with Crippen LogP contribution >= 0.6 is 0 Å². The maximum absolute atomic E-state index is 12.5. The highest BCUT2D eigenvalue weighted by Gasteiger charge is 2.31. The second kappa shape index (κ2) is 9.74. The number of rotatable bonds is 6. The molecule has 2 rings (SSSR count). The zero-order valence-electron chi connectivity index (χ0n) is 15.4. The monoisotopic (exact) mass is 403 g/mol. The number of benzene rings is 1. The molecule has 1 aliphatic heterocycles. The smallest absolute Gasteiger partial charge is 0.394 e. The maximum Gasteiger partial charge on any atom is 0.416 e. The third kappa shape index (κ3) is 6.68. The van der Waals surface area contributed by atoms with Crippen molar-refractivity contribution in [3.63, 3.8) is 0 Å². The van der Waals surface area contributed by atoms with Crippen LogP contribution in [0, 0.1) is 0 Å². The van der Waals surface area contributed by atoms with Gasteiger partial charge in [-0.1, -0.05) is 0 Å². The number of carbonyl (C=O) groups is 2. The van der Waals surface area contributed by atoms with Crippen LogP contribution in [0.4, 0.5) is 23.7 Å². The Morgan fingerprint density at radius 2 is 1.89 bits per heavy atom. The van der Waals surface area contributed by atoms with Crippen molar-refractivity contribution in [1.82, 2.24) is 10.6 Å². The summed E-state index contributed by atoms with van der Waals surface area (Å²) in [5.74, 6) is -0.188. The number of aliphatic hydroxyl groups is 1. The largest absolute Gasteiger partial charge is 0.416 e. The number of hydrogen-bond acceptors (Lipinski definition) is 4. The van der Waals surface area contributed by atoms with Crippen LogP contribution in [0.1, 0.15) is 31.7 Å². The van der Waals surface area contributed by atoms with Gasteiger partial charge in [0.25, 0.3) is 0 Å². The van der Waals surface area contributed by atoms with Crippen LogP contribution < -0.4 is 16.0 Å². The Hall–Kier alpha value is -2.33. The molecule has 4 N–H and O–H groups in total. The van der Waals surface area contributed by atoms with Crippen LogP contribution in [-0.4, -0.2) is 48.4 Å². The van der Waals surface area contributed by atoms with Gasteiger partial charge in [0, 0.05) is 19.2 Å². The summed E-state index contributed by atoms with van der Waals surface area (Å²) in [6.45, 7) is 1.48. The SMILES string of the molecule is CC(=O)N[C@@H]1CC[C@@H](CCNC(=O)Nc2ccc(C(F)(F)F)cc2)O[C@@H]1CO. The van der Waals surface area contributed by atoms with Gasteiger partial charge in [-0.3, -0.25) is 4.79 Å². The summed E-state index contributed by atoms with van der Waals surface area (Å²) in [4.78, 5) is 23.0. The molecule has 1 aromatic rings. The number of carbonyl (C=O) groups excluding carboxylic acids is 2. The van der Waals surface area contributed by atoms with Gasteiger partial charge in [0.1, 0.15) is 6.10 Å². The summed E-state index contributed by atoms with van der Waals surface area (Å²) >= 11 is 0. The van der Waals surface area contributed by atoms with Crippen molar-refractivity contribution in [3.05, 3.63) is 29.8 Å². The number of nitrogens with one attached hydrogen (secondary N) is 3. The van der Waals surface area contributed by atoms with Crippen LogP contribution in [0.5, 0.6) is 0 Å². The van der Waals surface area contributed by atoms with Gasteiger partial charge < -0.3 is 25.8 Å². The van der Waals surface area contributed by atoms with Crippen molar-refractivity contribution < 1.29 is 32.6 Å². The van der Waals surface area contributed by atoms with Gasteiger partial charge in [-0.05, 0) is 43.5 Å². The van der Waals surface area contributed by atoms with Gasteiger partial charge in [-0.15, -0.1) is 0 Å². The fraction of sp³-hybridized carbons (Fsp3) is 0.556. The zero-order valence-corrected chi connectivity index (χ0v) is 15.4. The normalized spacial score (nSPS) is 22.4. The summed E-state index contributed by atoms with van der Waals surface area (Å²) in [5, 5.41) is 17.2. The Labute approximate surface area is 160 Å². The van der Waals surface area contributed by atoms with Crippen LogP contribution in [0.15, 0.2) is 24.3 Å². The van der Waals surface area contributed by atoms with Crippen LogP contribution in [-0.2, 0) is 15.7 Å². The van der Waals surface area contributed by atoms with E-state index in [4.69, 9.17) is 4.74 Å². The molecule has 10 heteroatoms. The highest BCUT2D eigenvalue weighted by atomic mass is 19.4. The zero-order chi connectivity index (χ0) is 20.7. The van der Waals surface area contributed by atoms with Crippen molar-refractivity contribution in [2.45, 2.75) is 50.6 Å². The fourth-order valence-corrected chi connectivity index (χ4v) is 3.03. The molecule has 3 atom stereocenters. The van der Waals surface area contributed by atoms with E-state index in [1.807, 2.05) is 0 Å². The second-order valence-electron chi connectivity index (χ2n) is 6.61. The molecular formula is C18H24F3N3O4. The summed E-state index contributed by atoms with van der Waals surface area (Å²) < 4.78 is 43.3. The van der Waals surface area contributed by atoms with E-state index in [9.17, 15) is 27.9 Å². The molecule has 0 aliphatic carbocycles. The summed E-state index contributed by atoms with van der Waals surface area (Å²) in [6.07, 6.45) is -3.26. The molecule has 0 unspecified atom stereocenters. The molecule has 28 heavy (non-hydrogen) atoms. The number of ether oxygens (including phenoxy) is 1. The molecule has 0 aromatic heterocycles. The van der Waals surface area contributed by atoms with Gasteiger partial charge in [0.05, 0.1) is 24.3 Å². The van der Waals surface area contributed by atoms with Crippen molar-refractivity contribution >= 4 is 17.6 Å². The lowest BCUT2D eigenvalue weighted by atomic mass is 9.97. The highest BCUT2D eigenvalue weighted by molar-refractivity contribution is 5.89. The van der Waals surface area contributed by atoms with Gasteiger partial charge in [-0.2, -0.15) is 13.2 Å². The molecule has 0 radical (unpaired) electrons. The minimum atomic E-state index is -4.42. The van der Waals surface area contributed by atoms with Crippen molar-refractivity contribution in [3.8, 4) is 0 Å². The lowest BCUT2D eigenvalue weighted by molar-refractivity contribution is -0.137. The molecule has 1 aliphatic rings. The molecule has 0 saturated carbocycles. The maximum atomic E-state index is 12.5. The standard InChI is InChI=1S/C18H24F3N3O4/c1-11(26)23-15-7-6-14(28-16(15)10-25)8-9-22-17(27)24-13-4-2-12(3-5-13)18(19,20)21/h2-5,14-16,25H,6-10H2,1H3,(H,23,26)(H2,22,24,27)/t14-,15+,16+/m0/s1. The first-order valence-electron chi connectivity index (χ1n) is 8.94. The molecule has 0 bridgehead atoms. The fourth-order valence-electron chi connectivity index (χ4n) is 3.03.